The van der Waals surface area contributed by atoms with Crippen molar-refractivity contribution in [3.63, 3.8) is 0 Å². The van der Waals surface area contributed by atoms with Gasteiger partial charge in [-0.1, -0.05) is 11.6 Å². The van der Waals surface area contributed by atoms with Crippen LogP contribution in [-0.4, -0.2) is 22.6 Å². The van der Waals surface area contributed by atoms with Crippen LogP contribution in [0.15, 0.2) is 30.3 Å². The van der Waals surface area contributed by atoms with Crippen molar-refractivity contribution in [2.75, 3.05) is 12.3 Å². The molecule has 1 aromatic carbocycles. The number of carbonyl (C=O) groups excluding carboxylic acids is 1. The molecule has 0 saturated heterocycles. The number of rotatable bonds is 4. The molecule has 7 heteroatoms. The molecule has 2 rings (SSSR count). The van der Waals surface area contributed by atoms with Crippen molar-refractivity contribution in [1.82, 2.24) is 15.5 Å². The molecule has 1 heterocycles. The number of hydrogen-bond acceptors (Lipinski definition) is 5. The number of aromatic nitrogens is 2. The summed E-state index contributed by atoms with van der Waals surface area (Å²) >= 11 is 5.98. The number of amides is 1. The number of carbonyl (C=O) groups is 1. The topological polar surface area (TPSA) is 90.1 Å². The molecule has 0 bridgehead atoms. The fourth-order valence-corrected chi connectivity index (χ4v) is 1.61. The Morgan fingerprint density at radius 1 is 1.35 bits per heavy atom. The number of nitrogens with two attached hydrogens (primary N) is 1. The Hall–Kier alpha value is -2.34. The maximum Gasteiger partial charge on any atom is 0.271 e. The van der Waals surface area contributed by atoms with Gasteiger partial charge in [0, 0.05) is 24.4 Å². The number of nitrogens with zero attached hydrogens (tertiary/aromatic N) is 2. The average Bonchev–Trinajstić information content (AvgIpc) is 2.44. The van der Waals surface area contributed by atoms with E-state index in [1.807, 2.05) is 6.92 Å². The normalized spacial score (nSPS) is 10.1. The van der Waals surface area contributed by atoms with E-state index in [9.17, 15) is 4.79 Å². The SMILES string of the molecule is CCNC(=O)c1ccc(Oc2cc(N)ccc2Cl)nn1. The van der Waals surface area contributed by atoms with Gasteiger partial charge in [0.15, 0.2) is 5.69 Å². The lowest BCUT2D eigenvalue weighted by Gasteiger charge is -2.07. The molecule has 0 aliphatic heterocycles. The summed E-state index contributed by atoms with van der Waals surface area (Å²) in [5.74, 6) is 0.325. The molecule has 1 aromatic heterocycles. The minimum absolute atomic E-state index is 0.220. The monoisotopic (exact) mass is 292 g/mol. The van der Waals surface area contributed by atoms with Gasteiger partial charge in [0.1, 0.15) is 5.75 Å². The van der Waals surface area contributed by atoms with Crippen molar-refractivity contribution in [3.8, 4) is 11.6 Å². The smallest absolute Gasteiger partial charge is 0.271 e. The Morgan fingerprint density at radius 3 is 2.80 bits per heavy atom. The first-order valence-electron chi connectivity index (χ1n) is 5.95. The summed E-state index contributed by atoms with van der Waals surface area (Å²) in [6.45, 7) is 2.35. The highest BCUT2D eigenvalue weighted by Gasteiger charge is 2.09. The second-order valence-corrected chi connectivity index (χ2v) is 4.32. The van der Waals surface area contributed by atoms with Crippen molar-refractivity contribution in [2.24, 2.45) is 0 Å². The summed E-state index contributed by atoms with van der Waals surface area (Å²) in [5, 5.41) is 10.6. The summed E-state index contributed by atoms with van der Waals surface area (Å²) in [6, 6.07) is 7.94. The standard InChI is InChI=1S/C13H13ClN4O2/c1-2-16-13(19)10-5-6-12(18-17-10)20-11-7-8(15)3-4-9(11)14/h3-7H,2,15H2,1H3,(H,16,19). The Morgan fingerprint density at radius 2 is 2.15 bits per heavy atom. The molecule has 20 heavy (non-hydrogen) atoms. The second kappa shape index (κ2) is 6.21. The summed E-state index contributed by atoms with van der Waals surface area (Å²) in [5.41, 5.74) is 6.40. The van der Waals surface area contributed by atoms with Crippen LogP contribution in [0.3, 0.4) is 0 Å². The van der Waals surface area contributed by atoms with E-state index in [0.29, 0.717) is 23.0 Å². The summed E-state index contributed by atoms with van der Waals surface area (Å²) in [4.78, 5) is 11.5. The zero-order chi connectivity index (χ0) is 14.5. The van der Waals surface area contributed by atoms with Crippen molar-refractivity contribution in [2.45, 2.75) is 6.92 Å². The summed E-state index contributed by atoms with van der Waals surface area (Å²) in [7, 11) is 0. The van der Waals surface area contributed by atoms with Crippen molar-refractivity contribution < 1.29 is 9.53 Å². The maximum absolute atomic E-state index is 11.5. The second-order valence-electron chi connectivity index (χ2n) is 3.91. The van der Waals surface area contributed by atoms with Gasteiger partial charge < -0.3 is 15.8 Å². The predicted octanol–water partition coefficient (Wildman–Crippen LogP) is 2.25. The number of nitrogens with one attached hydrogen (secondary N) is 1. The van der Waals surface area contributed by atoms with E-state index in [1.165, 1.54) is 12.1 Å². The number of ether oxygens (including phenoxy) is 1. The van der Waals surface area contributed by atoms with Gasteiger partial charge in [0.2, 0.25) is 5.88 Å². The molecule has 0 radical (unpaired) electrons. The van der Waals surface area contributed by atoms with Crippen molar-refractivity contribution in [1.29, 1.82) is 0 Å². The van der Waals surface area contributed by atoms with E-state index in [1.54, 1.807) is 18.2 Å². The molecular weight excluding hydrogens is 280 g/mol. The fraction of sp³-hybridized carbons (Fsp3) is 0.154. The van der Waals surface area contributed by atoms with E-state index < -0.39 is 0 Å². The van der Waals surface area contributed by atoms with Crippen LogP contribution in [0.1, 0.15) is 17.4 Å². The highest BCUT2D eigenvalue weighted by molar-refractivity contribution is 6.32. The average molecular weight is 293 g/mol. The Labute approximate surface area is 120 Å². The molecule has 0 fully saturated rings. The minimum atomic E-state index is -0.284. The molecule has 0 atom stereocenters. The van der Waals surface area contributed by atoms with Crippen molar-refractivity contribution >= 4 is 23.2 Å². The van der Waals surface area contributed by atoms with Gasteiger partial charge >= 0.3 is 0 Å². The van der Waals surface area contributed by atoms with Crippen LogP contribution >= 0.6 is 11.6 Å². The van der Waals surface area contributed by atoms with Crippen LogP contribution in [-0.2, 0) is 0 Å². The Kier molecular flexibility index (Phi) is 4.37. The van der Waals surface area contributed by atoms with Crippen LogP contribution in [0.5, 0.6) is 11.6 Å². The van der Waals surface area contributed by atoms with Gasteiger partial charge in [0.25, 0.3) is 5.91 Å². The zero-order valence-electron chi connectivity index (χ0n) is 10.8. The third-order valence-electron chi connectivity index (χ3n) is 2.38. The lowest BCUT2D eigenvalue weighted by Crippen LogP contribution is -2.23. The van der Waals surface area contributed by atoms with Gasteiger partial charge in [-0.2, -0.15) is 0 Å². The van der Waals surface area contributed by atoms with E-state index in [2.05, 4.69) is 15.5 Å². The van der Waals surface area contributed by atoms with Gasteiger partial charge in [-0.25, -0.2) is 0 Å². The zero-order valence-corrected chi connectivity index (χ0v) is 11.5. The van der Waals surface area contributed by atoms with Gasteiger partial charge in [-0.05, 0) is 25.1 Å². The van der Waals surface area contributed by atoms with E-state index >= 15 is 0 Å². The third-order valence-corrected chi connectivity index (χ3v) is 2.69. The van der Waals surface area contributed by atoms with E-state index in [-0.39, 0.29) is 17.5 Å². The quantitative estimate of drug-likeness (QED) is 0.844. The van der Waals surface area contributed by atoms with Crippen LogP contribution in [0.25, 0.3) is 0 Å². The minimum Gasteiger partial charge on any atom is -0.436 e. The molecule has 6 nitrogen and oxygen atoms in total. The third kappa shape index (κ3) is 3.36. The maximum atomic E-state index is 11.5. The molecule has 3 N–H and O–H groups in total. The number of benzene rings is 1. The highest BCUT2D eigenvalue weighted by Crippen LogP contribution is 2.29. The highest BCUT2D eigenvalue weighted by atomic mass is 35.5. The van der Waals surface area contributed by atoms with Crippen LogP contribution < -0.4 is 15.8 Å². The summed E-state index contributed by atoms with van der Waals surface area (Å²) in [6.07, 6.45) is 0. The van der Waals surface area contributed by atoms with Gasteiger partial charge in [-0.15, -0.1) is 10.2 Å². The number of halogens is 1. The first-order valence-corrected chi connectivity index (χ1v) is 6.32. The largest absolute Gasteiger partial charge is 0.436 e. The fourth-order valence-electron chi connectivity index (χ4n) is 1.46. The van der Waals surface area contributed by atoms with Crippen LogP contribution in [0, 0.1) is 0 Å². The Balaban J connectivity index is 2.14. The molecule has 0 saturated carbocycles. The first kappa shape index (κ1) is 14.1. The van der Waals surface area contributed by atoms with Gasteiger partial charge in [-0.3, -0.25) is 4.79 Å². The van der Waals surface area contributed by atoms with Gasteiger partial charge in [0.05, 0.1) is 5.02 Å². The molecule has 0 aliphatic rings. The lowest BCUT2D eigenvalue weighted by atomic mass is 10.3. The molecule has 0 aliphatic carbocycles. The molecule has 0 unspecified atom stereocenters. The van der Waals surface area contributed by atoms with Crippen LogP contribution in [0.2, 0.25) is 5.02 Å². The van der Waals surface area contributed by atoms with Crippen LogP contribution in [0.4, 0.5) is 5.69 Å². The molecule has 2 aromatic rings. The predicted molar refractivity (Wildman–Crippen MR) is 76.0 cm³/mol. The lowest BCUT2D eigenvalue weighted by molar-refractivity contribution is 0.0949. The Bertz CT molecular complexity index is 616. The number of nitrogen functional groups attached to an aromatic ring is 1. The molecule has 104 valence electrons. The first-order chi connectivity index (χ1) is 9.60. The van der Waals surface area contributed by atoms with E-state index in [0.717, 1.165) is 0 Å². The van der Waals surface area contributed by atoms with E-state index in [4.69, 9.17) is 22.1 Å². The van der Waals surface area contributed by atoms with Crippen molar-refractivity contribution in [3.05, 3.63) is 41.0 Å². The molecular formula is C13H13ClN4O2. The number of hydrogen-bond donors (Lipinski definition) is 2. The molecule has 0 spiro atoms. The molecule has 1 amide bonds. The number of anilines is 1. The summed E-state index contributed by atoms with van der Waals surface area (Å²) < 4.78 is 5.47.